The molecule has 0 bridgehead atoms. The van der Waals surface area contributed by atoms with E-state index in [1.807, 2.05) is 42.5 Å². The molecule has 0 aliphatic rings. The molecular weight excluding hydrogens is 474 g/mol. The number of aromatic amines is 1. The third-order valence-electron chi connectivity index (χ3n) is 5.87. The highest BCUT2D eigenvalue weighted by Gasteiger charge is 2.15. The van der Waals surface area contributed by atoms with Crippen molar-refractivity contribution in [3.63, 3.8) is 0 Å². The van der Waals surface area contributed by atoms with Gasteiger partial charge in [0.15, 0.2) is 0 Å². The summed E-state index contributed by atoms with van der Waals surface area (Å²) in [6.07, 6.45) is 2.00. The van der Waals surface area contributed by atoms with Crippen molar-refractivity contribution in [3.8, 4) is 11.4 Å². The molecule has 2 heterocycles. The Labute approximate surface area is 201 Å². The number of carbonyl (C=O) groups is 1. The van der Waals surface area contributed by atoms with Crippen LogP contribution in [0.25, 0.3) is 33.2 Å². The lowest BCUT2D eigenvalue weighted by atomic mass is 10.0. The zero-order valence-electron chi connectivity index (χ0n) is 18.4. The van der Waals surface area contributed by atoms with Crippen LogP contribution in [0.2, 0.25) is 0 Å². The molecular formula is C28H24BrN3O. The second-order valence-corrected chi connectivity index (χ2v) is 9.24. The van der Waals surface area contributed by atoms with Gasteiger partial charge in [-0.2, -0.15) is 0 Å². The minimum atomic E-state index is 0.0266. The molecule has 0 aliphatic heterocycles. The lowest BCUT2D eigenvalue weighted by Crippen LogP contribution is -2.11. The SMILES string of the molecule is Cc1ccc2[nH]c(-c3ccc4ccccc4n3)c(CCCC(=O)Nc3ccc(Br)cc3)c2c1. The molecule has 2 aromatic heterocycles. The summed E-state index contributed by atoms with van der Waals surface area (Å²) in [6, 6.07) is 26.4. The summed E-state index contributed by atoms with van der Waals surface area (Å²) < 4.78 is 0.991. The number of hydrogen-bond donors (Lipinski definition) is 2. The van der Waals surface area contributed by atoms with Gasteiger partial charge in [0.05, 0.1) is 16.9 Å². The Morgan fingerprint density at radius 1 is 1.00 bits per heavy atom. The second-order valence-electron chi connectivity index (χ2n) is 8.33. The highest BCUT2D eigenvalue weighted by atomic mass is 79.9. The molecule has 0 saturated heterocycles. The van der Waals surface area contributed by atoms with E-state index >= 15 is 0 Å². The van der Waals surface area contributed by atoms with Crippen molar-refractivity contribution in [1.29, 1.82) is 0 Å². The summed E-state index contributed by atoms with van der Waals surface area (Å²) in [5.74, 6) is 0.0266. The molecule has 3 aromatic carbocycles. The fourth-order valence-corrected chi connectivity index (χ4v) is 4.49. The fraction of sp³-hybridized carbons (Fsp3) is 0.143. The van der Waals surface area contributed by atoms with E-state index in [1.54, 1.807) is 0 Å². The molecule has 5 heteroatoms. The zero-order chi connectivity index (χ0) is 22.8. The van der Waals surface area contributed by atoms with E-state index in [4.69, 9.17) is 4.98 Å². The van der Waals surface area contributed by atoms with Crippen molar-refractivity contribution >= 4 is 49.3 Å². The van der Waals surface area contributed by atoms with Crippen LogP contribution < -0.4 is 5.32 Å². The molecule has 0 unspecified atom stereocenters. The lowest BCUT2D eigenvalue weighted by molar-refractivity contribution is -0.116. The Hall–Kier alpha value is -3.44. The zero-order valence-corrected chi connectivity index (χ0v) is 19.9. The lowest BCUT2D eigenvalue weighted by Gasteiger charge is -2.08. The maximum absolute atomic E-state index is 12.5. The number of fused-ring (bicyclic) bond motifs is 2. The smallest absolute Gasteiger partial charge is 0.224 e. The minimum Gasteiger partial charge on any atom is -0.353 e. The first kappa shape index (κ1) is 21.4. The maximum Gasteiger partial charge on any atom is 0.224 e. The van der Waals surface area contributed by atoms with Crippen LogP contribution in [0.4, 0.5) is 5.69 Å². The molecule has 1 amide bonds. The third-order valence-corrected chi connectivity index (χ3v) is 6.40. The van der Waals surface area contributed by atoms with Crippen LogP contribution in [0.3, 0.4) is 0 Å². The molecule has 164 valence electrons. The molecule has 5 rings (SSSR count). The van der Waals surface area contributed by atoms with Gasteiger partial charge in [0, 0.05) is 32.9 Å². The molecule has 0 spiro atoms. The van der Waals surface area contributed by atoms with E-state index in [1.165, 1.54) is 16.5 Å². The van der Waals surface area contributed by atoms with Crippen molar-refractivity contribution in [2.24, 2.45) is 0 Å². The van der Waals surface area contributed by atoms with Crippen molar-refractivity contribution < 1.29 is 4.79 Å². The summed E-state index contributed by atoms with van der Waals surface area (Å²) in [7, 11) is 0. The summed E-state index contributed by atoms with van der Waals surface area (Å²) in [4.78, 5) is 21.0. The van der Waals surface area contributed by atoms with E-state index in [2.05, 4.69) is 69.6 Å². The number of carbonyl (C=O) groups excluding carboxylic acids is 1. The summed E-state index contributed by atoms with van der Waals surface area (Å²) >= 11 is 3.42. The molecule has 0 saturated carbocycles. The Balaban J connectivity index is 1.40. The van der Waals surface area contributed by atoms with E-state index in [9.17, 15) is 4.79 Å². The number of halogens is 1. The average molecular weight is 498 g/mol. The average Bonchev–Trinajstić information content (AvgIpc) is 3.18. The molecule has 0 aliphatic carbocycles. The highest BCUT2D eigenvalue weighted by molar-refractivity contribution is 9.10. The predicted octanol–water partition coefficient (Wildman–Crippen LogP) is 7.42. The van der Waals surface area contributed by atoms with Crippen LogP contribution in [0.1, 0.15) is 24.0 Å². The minimum absolute atomic E-state index is 0.0266. The fourth-order valence-electron chi connectivity index (χ4n) is 4.23. The monoisotopic (exact) mass is 497 g/mol. The quantitative estimate of drug-likeness (QED) is 0.256. The number of H-pyrrole nitrogens is 1. The number of hydrogen-bond acceptors (Lipinski definition) is 2. The van der Waals surface area contributed by atoms with Crippen LogP contribution in [0, 0.1) is 6.92 Å². The normalized spacial score (nSPS) is 11.2. The van der Waals surface area contributed by atoms with Gasteiger partial charge in [-0.15, -0.1) is 0 Å². The van der Waals surface area contributed by atoms with Crippen molar-refractivity contribution in [2.75, 3.05) is 5.32 Å². The van der Waals surface area contributed by atoms with Gasteiger partial charge < -0.3 is 10.3 Å². The van der Waals surface area contributed by atoms with Crippen molar-refractivity contribution in [3.05, 3.63) is 94.5 Å². The highest BCUT2D eigenvalue weighted by Crippen LogP contribution is 2.32. The number of benzene rings is 3. The van der Waals surface area contributed by atoms with Gasteiger partial charge in [-0.1, -0.05) is 51.8 Å². The standard InChI is InChI=1S/C28H24BrN3O/c1-18-9-15-25-23(17-18)22(6-4-8-27(33)30-21-13-11-20(29)12-14-21)28(32-25)26-16-10-19-5-2-3-7-24(19)31-26/h2-3,5,7,9-17,32H,4,6,8H2,1H3,(H,30,33). The van der Waals surface area contributed by atoms with E-state index in [0.29, 0.717) is 6.42 Å². The second kappa shape index (κ2) is 9.20. The molecule has 2 N–H and O–H groups in total. The van der Waals surface area contributed by atoms with Gasteiger partial charge in [0.25, 0.3) is 0 Å². The van der Waals surface area contributed by atoms with E-state index < -0.39 is 0 Å². The van der Waals surface area contributed by atoms with Gasteiger partial charge in [-0.3, -0.25) is 4.79 Å². The number of rotatable bonds is 6. The molecule has 5 aromatic rings. The first-order valence-electron chi connectivity index (χ1n) is 11.1. The summed E-state index contributed by atoms with van der Waals surface area (Å²) in [5, 5.41) is 5.31. The van der Waals surface area contributed by atoms with Crippen molar-refractivity contribution in [1.82, 2.24) is 9.97 Å². The Kier molecular flexibility index (Phi) is 5.97. The first-order chi connectivity index (χ1) is 16.1. The summed E-state index contributed by atoms with van der Waals surface area (Å²) in [5.41, 5.74) is 7.28. The van der Waals surface area contributed by atoms with E-state index in [0.717, 1.165) is 50.8 Å². The number of aromatic nitrogens is 2. The number of para-hydroxylation sites is 1. The third kappa shape index (κ3) is 4.69. The van der Waals surface area contributed by atoms with Gasteiger partial charge >= 0.3 is 0 Å². The van der Waals surface area contributed by atoms with Crippen LogP contribution in [0.5, 0.6) is 0 Å². The number of pyridine rings is 1. The van der Waals surface area contributed by atoms with Crippen molar-refractivity contribution in [2.45, 2.75) is 26.2 Å². The predicted molar refractivity (Wildman–Crippen MR) is 139 cm³/mol. The topological polar surface area (TPSA) is 57.8 Å². The first-order valence-corrected chi connectivity index (χ1v) is 11.9. The van der Waals surface area contributed by atoms with Crippen LogP contribution >= 0.6 is 15.9 Å². The molecule has 4 nitrogen and oxygen atoms in total. The number of anilines is 1. The van der Waals surface area contributed by atoms with Gasteiger partial charge in [-0.25, -0.2) is 4.98 Å². The molecule has 0 fully saturated rings. The van der Waals surface area contributed by atoms with Gasteiger partial charge in [-0.05, 0) is 73.9 Å². The number of amides is 1. The van der Waals surface area contributed by atoms with Gasteiger partial charge in [0.2, 0.25) is 5.91 Å². The Morgan fingerprint density at radius 2 is 1.82 bits per heavy atom. The number of nitrogens with one attached hydrogen (secondary N) is 2. The Bertz CT molecular complexity index is 1450. The molecule has 33 heavy (non-hydrogen) atoms. The molecule has 0 radical (unpaired) electrons. The largest absolute Gasteiger partial charge is 0.353 e. The maximum atomic E-state index is 12.5. The van der Waals surface area contributed by atoms with Gasteiger partial charge in [0.1, 0.15) is 0 Å². The summed E-state index contributed by atoms with van der Waals surface area (Å²) in [6.45, 7) is 2.11. The van der Waals surface area contributed by atoms with Crippen LogP contribution in [-0.4, -0.2) is 15.9 Å². The number of aryl methyl sites for hydroxylation is 2. The van der Waals surface area contributed by atoms with Crippen LogP contribution in [-0.2, 0) is 11.2 Å². The number of nitrogens with zero attached hydrogens (tertiary/aromatic N) is 1. The van der Waals surface area contributed by atoms with Crippen LogP contribution in [0.15, 0.2) is 83.3 Å². The molecule has 0 atom stereocenters. The Morgan fingerprint density at radius 3 is 2.67 bits per heavy atom. The van der Waals surface area contributed by atoms with E-state index in [-0.39, 0.29) is 5.91 Å².